The van der Waals surface area contributed by atoms with Gasteiger partial charge in [0.05, 0.1) is 50.9 Å². The minimum Gasteiger partial charge on any atom is -0.503 e. The van der Waals surface area contributed by atoms with Crippen LogP contribution >= 0.6 is 46.4 Å². The van der Waals surface area contributed by atoms with Crippen LogP contribution in [-0.2, 0) is 36.9 Å². The number of phenolic OH excluding ortho intramolecular Hbond substituents is 1. The molecule has 0 bridgehead atoms. The van der Waals surface area contributed by atoms with Gasteiger partial charge in [0.15, 0.2) is 23.1 Å². The maximum absolute atomic E-state index is 15.4. The lowest BCUT2D eigenvalue weighted by atomic mass is 9.49. The molecule has 2 aromatic heterocycles. The second kappa shape index (κ2) is 15.2. The number of allylic oxidation sites excluding steroid dienone is 2. The number of hydrogen-bond acceptors (Lipinski definition) is 10. The Bertz CT molecular complexity index is 2620. The number of methoxy groups -OCH3 is 1. The molecule has 6 unspecified atom stereocenters. The maximum Gasteiger partial charge on any atom is 0.433 e. The molecule has 324 valence electrons. The number of aromatic nitrogens is 2. The van der Waals surface area contributed by atoms with Crippen molar-refractivity contribution in [3.63, 3.8) is 0 Å². The average molecular weight is 944 g/mol. The lowest BCUT2D eigenvalue weighted by molar-refractivity contribution is -0.142. The minimum absolute atomic E-state index is 0.120. The van der Waals surface area contributed by atoms with Gasteiger partial charge in [0, 0.05) is 24.2 Å². The molecule has 2 aromatic carbocycles. The van der Waals surface area contributed by atoms with Gasteiger partial charge in [0.25, 0.3) is 23.6 Å². The number of anilines is 2. The van der Waals surface area contributed by atoms with E-state index < -0.39 is 105 Å². The fourth-order valence-electron chi connectivity index (χ4n) is 9.26. The maximum atomic E-state index is 15.4. The highest BCUT2D eigenvalue weighted by Gasteiger charge is 2.71. The van der Waals surface area contributed by atoms with Gasteiger partial charge in [0.1, 0.15) is 5.69 Å². The van der Waals surface area contributed by atoms with Gasteiger partial charge in [-0.05, 0) is 72.4 Å². The number of nitrogens with zero attached hydrogens (tertiary/aromatic N) is 5. The highest BCUT2D eigenvalue weighted by molar-refractivity contribution is 6.34. The van der Waals surface area contributed by atoms with Crippen molar-refractivity contribution < 1.29 is 55.4 Å². The van der Waals surface area contributed by atoms with E-state index >= 15 is 4.79 Å². The number of hydrogen-bond donors (Lipinski definition) is 2. The number of hydrazine groups is 2. The summed E-state index contributed by atoms with van der Waals surface area (Å²) in [5, 5.41) is 12.0. The Morgan fingerprint density at radius 2 is 1.56 bits per heavy atom. The van der Waals surface area contributed by atoms with Gasteiger partial charge < -0.3 is 9.84 Å². The third-order valence-electron chi connectivity index (χ3n) is 11.9. The number of alkyl halides is 6. The van der Waals surface area contributed by atoms with Crippen LogP contribution in [0, 0.1) is 23.7 Å². The van der Waals surface area contributed by atoms with Crippen molar-refractivity contribution in [3.05, 3.63) is 115 Å². The topological polar surface area (TPSA) is 145 Å². The number of halogens is 10. The molecule has 4 aliphatic rings. The molecule has 3 fully saturated rings. The van der Waals surface area contributed by atoms with Crippen LogP contribution < -0.4 is 15.2 Å². The van der Waals surface area contributed by atoms with Crippen LogP contribution in [0.25, 0.3) is 0 Å². The number of fused-ring (bicyclic) bond motifs is 4. The molecule has 4 heterocycles. The Morgan fingerprint density at radius 1 is 0.871 bits per heavy atom. The van der Waals surface area contributed by atoms with E-state index in [2.05, 4.69) is 15.4 Å². The van der Waals surface area contributed by atoms with Crippen LogP contribution in [0.4, 0.5) is 38.0 Å². The standard InChI is InChI=1S/C40H28Cl4F6N6O6/c1-54(33-24(42)9-10-28(52-33)40(48,49)50)56-34(58)21-8-7-20-22(29(21)36(56)60)14-23-35(59)55(53-32-26(44)13-18(15-51-32)39(45,46)47)37(61)38(23,17-3-5-19(41)6-4-17)30(20)16-11-25(43)31(57)27(12-16)62-2/h3-7,9-13,15,21-23,29-30,57H,8,14H2,1-2H3,(H,51,53). The summed E-state index contributed by atoms with van der Waals surface area (Å²) < 4.78 is 87.3. The Hall–Kier alpha value is -5.30. The second-order valence-corrected chi connectivity index (χ2v) is 16.6. The SMILES string of the molecule is COc1cc(C2C3=CCC4C(=O)N(N(C)c5nc(C(F)(F)F)ccc5Cl)C(=O)C4C3CC3C(=O)N(Nc4ncc(C(F)(F)F)cc4Cl)C(=O)C32c2ccc(Cl)cc2)cc(Cl)c1O. The molecule has 6 atom stereocenters. The summed E-state index contributed by atoms with van der Waals surface area (Å²) in [5.74, 6) is -11.2. The first-order valence-corrected chi connectivity index (χ1v) is 19.9. The normalized spacial score (nSPS) is 24.8. The van der Waals surface area contributed by atoms with Crippen LogP contribution in [0.3, 0.4) is 0 Å². The van der Waals surface area contributed by atoms with E-state index in [1.807, 2.05) is 0 Å². The van der Waals surface area contributed by atoms with Crippen LogP contribution in [0.5, 0.6) is 11.5 Å². The zero-order valence-electron chi connectivity index (χ0n) is 31.7. The van der Waals surface area contributed by atoms with Crippen molar-refractivity contribution in [2.24, 2.45) is 23.7 Å². The minimum atomic E-state index is -4.90. The summed E-state index contributed by atoms with van der Waals surface area (Å²) in [5.41, 5.74) is -1.16. The highest BCUT2D eigenvalue weighted by atomic mass is 35.5. The zero-order valence-corrected chi connectivity index (χ0v) is 34.7. The van der Waals surface area contributed by atoms with E-state index in [9.17, 15) is 45.8 Å². The number of benzene rings is 2. The number of aromatic hydroxyl groups is 1. The quantitative estimate of drug-likeness (QED) is 0.105. The number of phenols is 1. The van der Waals surface area contributed by atoms with Crippen molar-refractivity contribution >= 4 is 81.7 Å². The van der Waals surface area contributed by atoms with Crippen molar-refractivity contribution in [3.8, 4) is 11.5 Å². The largest absolute Gasteiger partial charge is 0.503 e. The van der Waals surface area contributed by atoms with E-state index in [-0.39, 0.29) is 44.8 Å². The number of pyridine rings is 2. The van der Waals surface area contributed by atoms with Gasteiger partial charge in [0.2, 0.25) is 0 Å². The number of amides is 4. The first kappa shape index (κ1) is 43.4. The summed E-state index contributed by atoms with van der Waals surface area (Å²) in [6.45, 7) is 0. The van der Waals surface area contributed by atoms with Gasteiger partial charge in [-0.2, -0.15) is 36.4 Å². The molecular formula is C40H28Cl4F6N6O6. The Balaban J connectivity index is 1.30. The Kier molecular flexibility index (Phi) is 10.6. The molecule has 1 saturated carbocycles. The lowest BCUT2D eigenvalue weighted by Crippen LogP contribution is -2.53. The molecule has 22 heteroatoms. The molecular weight excluding hydrogens is 916 g/mol. The first-order chi connectivity index (χ1) is 29.1. The Labute approximate surface area is 366 Å². The fourth-order valence-corrected chi connectivity index (χ4v) is 10.0. The highest BCUT2D eigenvalue weighted by Crippen LogP contribution is 2.65. The summed E-state index contributed by atoms with van der Waals surface area (Å²) in [6.07, 6.45) is -8.02. The summed E-state index contributed by atoms with van der Waals surface area (Å²) >= 11 is 25.4. The molecule has 2 N–H and O–H groups in total. The van der Waals surface area contributed by atoms with Gasteiger partial charge >= 0.3 is 12.4 Å². The number of rotatable bonds is 7. The number of ether oxygens (including phenoxy) is 1. The van der Waals surface area contributed by atoms with Crippen molar-refractivity contribution in [1.29, 1.82) is 0 Å². The van der Waals surface area contributed by atoms with Crippen LogP contribution in [0.1, 0.15) is 41.1 Å². The molecule has 12 nitrogen and oxygen atoms in total. The summed E-state index contributed by atoms with van der Waals surface area (Å²) in [6, 6.07) is 10.8. The fraction of sp³-hybridized carbons (Fsp3) is 0.300. The summed E-state index contributed by atoms with van der Waals surface area (Å²) in [7, 11) is 2.40. The smallest absolute Gasteiger partial charge is 0.433 e. The van der Waals surface area contributed by atoms with Gasteiger partial charge in [-0.25, -0.2) is 9.97 Å². The lowest BCUT2D eigenvalue weighted by Gasteiger charge is -2.50. The Morgan fingerprint density at radius 3 is 2.19 bits per heavy atom. The number of imide groups is 2. The number of carbonyl (C=O) groups is 4. The average Bonchev–Trinajstić information content (AvgIpc) is 3.59. The predicted molar refractivity (Wildman–Crippen MR) is 211 cm³/mol. The van der Waals surface area contributed by atoms with E-state index in [0.29, 0.717) is 33.9 Å². The molecule has 8 rings (SSSR count). The molecule has 2 aliphatic carbocycles. The van der Waals surface area contributed by atoms with Gasteiger partial charge in [-0.1, -0.05) is 70.2 Å². The van der Waals surface area contributed by atoms with E-state index in [0.717, 1.165) is 18.1 Å². The van der Waals surface area contributed by atoms with E-state index in [1.165, 1.54) is 43.5 Å². The third kappa shape index (κ3) is 6.68. The van der Waals surface area contributed by atoms with Crippen molar-refractivity contribution in [2.45, 2.75) is 36.5 Å². The second-order valence-electron chi connectivity index (χ2n) is 15.0. The van der Waals surface area contributed by atoms with Crippen LogP contribution in [0.2, 0.25) is 20.1 Å². The molecule has 2 saturated heterocycles. The monoisotopic (exact) mass is 942 g/mol. The van der Waals surface area contributed by atoms with Crippen molar-refractivity contribution in [2.75, 3.05) is 24.6 Å². The molecule has 4 amide bonds. The third-order valence-corrected chi connectivity index (χ3v) is 13.0. The van der Waals surface area contributed by atoms with Gasteiger partial charge in [-0.3, -0.25) is 29.6 Å². The molecule has 4 aromatic rings. The van der Waals surface area contributed by atoms with E-state index in [4.69, 9.17) is 51.1 Å². The number of nitrogens with one attached hydrogen (secondary N) is 1. The van der Waals surface area contributed by atoms with Crippen LogP contribution in [0.15, 0.2) is 72.4 Å². The van der Waals surface area contributed by atoms with Gasteiger partial charge in [-0.15, -0.1) is 0 Å². The zero-order chi connectivity index (χ0) is 45.0. The number of carbonyl (C=O) groups excluding carboxylic acids is 4. The predicted octanol–water partition coefficient (Wildman–Crippen LogP) is 8.88. The molecule has 0 radical (unpaired) electrons. The first-order valence-electron chi connectivity index (χ1n) is 18.4. The molecule has 2 aliphatic heterocycles. The van der Waals surface area contributed by atoms with Crippen molar-refractivity contribution in [1.82, 2.24) is 20.0 Å². The molecule has 62 heavy (non-hydrogen) atoms. The summed E-state index contributed by atoms with van der Waals surface area (Å²) in [4.78, 5) is 66.7. The van der Waals surface area contributed by atoms with E-state index in [1.54, 1.807) is 6.08 Å². The van der Waals surface area contributed by atoms with Crippen LogP contribution in [-0.4, -0.2) is 62.9 Å². The molecule has 0 spiro atoms.